The maximum atomic E-state index is 12.3. The fourth-order valence-electron chi connectivity index (χ4n) is 4.83. The molecule has 2 N–H and O–H groups in total. The van der Waals surface area contributed by atoms with Crippen molar-refractivity contribution in [3.63, 3.8) is 0 Å². The van der Waals surface area contributed by atoms with Crippen molar-refractivity contribution in [2.45, 2.75) is 39.7 Å². The number of amides is 1. The number of nitrogens with one attached hydrogen (secondary N) is 2. The maximum absolute atomic E-state index is 12.3. The number of aromatic nitrogens is 2. The monoisotopic (exact) mass is 458 g/mol. The number of H-pyrrole nitrogens is 1. The SMILES string of the molecule is CNCC(=O)N1CCc2cc(-c3ccc4[nH]c(-c5ccnc(C)c5)c(C(C)C)c4c3)sc2C1. The van der Waals surface area contributed by atoms with Crippen LogP contribution in [0, 0.1) is 6.92 Å². The van der Waals surface area contributed by atoms with Crippen LogP contribution in [0.1, 0.15) is 41.5 Å². The molecule has 4 aromatic rings. The lowest BCUT2D eigenvalue weighted by Gasteiger charge is -2.26. The van der Waals surface area contributed by atoms with Gasteiger partial charge in [-0.25, -0.2) is 0 Å². The summed E-state index contributed by atoms with van der Waals surface area (Å²) in [5.74, 6) is 0.563. The Morgan fingerprint density at radius 1 is 1.21 bits per heavy atom. The number of pyridine rings is 1. The van der Waals surface area contributed by atoms with Crippen molar-refractivity contribution in [2.75, 3.05) is 20.1 Å². The van der Waals surface area contributed by atoms with Crippen LogP contribution in [-0.4, -0.2) is 40.9 Å². The summed E-state index contributed by atoms with van der Waals surface area (Å²) < 4.78 is 0. The summed E-state index contributed by atoms with van der Waals surface area (Å²) in [5, 5.41) is 4.26. The summed E-state index contributed by atoms with van der Waals surface area (Å²) in [6, 6.07) is 13.3. The highest BCUT2D eigenvalue weighted by Crippen LogP contribution is 2.40. The lowest BCUT2D eigenvalue weighted by atomic mass is 9.95. The zero-order chi connectivity index (χ0) is 23.1. The van der Waals surface area contributed by atoms with E-state index < -0.39 is 0 Å². The van der Waals surface area contributed by atoms with Gasteiger partial charge >= 0.3 is 0 Å². The molecule has 0 saturated heterocycles. The van der Waals surface area contributed by atoms with Crippen molar-refractivity contribution in [1.29, 1.82) is 0 Å². The van der Waals surface area contributed by atoms with E-state index in [0.717, 1.165) is 30.7 Å². The Morgan fingerprint density at radius 3 is 2.82 bits per heavy atom. The largest absolute Gasteiger partial charge is 0.354 e. The molecule has 0 atom stereocenters. The average molecular weight is 459 g/mol. The van der Waals surface area contributed by atoms with Gasteiger partial charge in [-0.3, -0.25) is 9.78 Å². The van der Waals surface area contributed by atoms with Crippen molar-refractivity contribution >= 4 is 28.1 Å². The van der Waals surface area contributed by atoms with Gasteiger partial charge in [0.05, 0.1) is 18.8 Å². The first-order valence-electron chi connectivity index (χ1n) is 11.6. The van der Waals surface area contributed by atoms with Crippen LogP contribution in [0.5, 0.6) is 0 Å². The zero-order valence-corrected chi connectivity index (χ0v) is 20.5. The number of rotatable bonds is 5. The smallest absolute Gasteiger partial charge is 0.236 e. The summed E-state index contributed by atoms with van der Waals surface area (Å²) in [6.45, 7) is 8.46. The molecule has 5 nitrogen and oxygen atoms in total. The van der Waals surface area contributed by atoms with Gasteiger partial charge in [-0.15, -0.1) is 11.3 Å². The van der Waals surface area contributed by atoms with Crippen LogP contribution in [0.4, 0.5) is 0 Å². The van der Waals surface area contributed by atoms with Crippen LogP contribution < -0.4 is 5.32 Å². The van der Waals surface area contributed by atoms with Gasteiger partial charge in [0.2, 0.25) is 5.91 Å². The molecule has 0 aliphatic carbocycles. The van der Waals surface area contributed by atoms with Gasteiger partial charge in [0.1, 0.15) is 0 Å². The molecule has 3 aromatic heterocycles. The molecule has 1 aromatic carbocycles. The van der Waals surface area contributed by atoms with Gasteiger partial charge in [0, 0.05) is 44.7 Å². The number of aromatic amines is 1. The van der Waals surface area contributed by atoms with Crippen LogP contribution in [0.15, 0.2) is 42.6 Å². The van der Waals surface area contributed by atoms with Gasteiger partial charge in [-0.05, 0) is 73.3 Å². The van der Waals surface area contributed by atoms with Gasteiger partial charge in [-0.2, -0.15) is 0 Å². The Hall–Kier alpha value is -2.96. The number of nitrogens with zero attached hydrogens (tertiary/aromatic N) is 2. The Labute approximate surface area is 198 Å². The summed E-state index contributed by atoms with van der Waals surface area (Å²) in [6.07, 6.45) is 2.81. The first-order valence-corrected chi connectivity index (χ1v) is 12.4. The third-order valence-corrected chi connectivity index (χ3v) is 7.66. The minimum absolute atomic E-state index is 0.173. The van der Waals surface area contributed by atoms with E-state index in [-0.39, 0.29) is 5.91 Å². The molecule has 0 saturated carbocycles. The number of carbonyl (C=O) groups excluding carboxylic acids is 1. The van der Waals surface area contributed by atoms with Gasteiger partial charge in [0.15, 0.2) is 0 Å². The summed E-state index contributed by atoms with van der Waals surface area (Å²) in [5.41, 5.74) is 8.53. The van der Waals surface area contributed by atoms with Crippen molar-refractivity contribution in [3.05, 3.63) is 64.3 Å². The predicted molar refractivity (Wildman–Crippen MR) is 137 cm³/mol. The van der Waals surface area contributed by atoms with E-state index >= 15 is 0 Å². The Bertz CT molecular complexity index is 1330. The number of likely N-dealkylation sites (N-methyl/N-ethyl adjacent to an activating group) is 1. The van der Waals surface area contributed by atoms with Crippen molar-refractivity contribution < 1.29 is 4.79 Å². The van der Waals surface area contributed by atoms with E-state index in [1.807, 2.05) is 36.4 Å². The molecule has 0 unspecified atom stereocenters. The molecule has 0 bridgehead atoms. The van der Waals surface area contributed by atoms with Crippen molar-refractivity contribution in [3.8, 4) is 21.7 Å². The molecule has 4 heterocycles. The van der Waals surface area contributed by atoms with E-state index in [1.165, 1.54) is 43.1 Å². The average Bonchev–Trinajstić information content (AvgIpc) is 3.39. The van der Waals surface area contributed by atoms with E-state index in [4.69, 9.17) is 0 Å². The summed E-state index contributed by atoms with van der Waals surface area (Å²) in [7, 11) is 1.82. The fourth-order valence-corrected chi connectivity index (χ4v) is 6.06. The lowest BCUT2D eigenvalue weighted by molar-refractivity contribution is -0.131. The van der Waals surface area contributed by atoms with Crippen molar-refractivity contribution in [2.24, 2.45) is 0 Å². The molecule has 33 heavy (non-hydrogen) atoms. The maximum Gasteiger partial charge on any atom is 0.236 e. The molecule has 0 spiro atoms. The number of thiophene rings is 1. The second kappa shape index (κ2) is 8.76. The van der Waals surface area contributed by atoms with Crippen LogP contribution in [-0.2, 0) is 17.8 Å². The van der Waals surface area contributed by atoms with E-state index in [1.54, 1.807) is 0 Å². The van der Waals surface area contributed by atoms with Crippen LogP contribution >= 0.6 is 11.3 Å². The molecule has 1 aliphatic rings. The summed E-state index contributed by atoms with van der Waals surface area (Å²) >= 11 is 1.82. The first kappa shape index (κ1) is 21.9. The van der Waals surface area contributed by atoms with Gasteiger partial charge in [0.25, 0.3) is 0 Å². The van der Waals surface area contributed by atoms with Crippen LogP contribution in [0.25, 0.3) is 32.6 Å². The third-order valence-electron chi connectivity index (χ3n) is 6.45. The highest BCUT2D eigenvalue weighted by molar-refractivity contribution is 7.15. The molecular formula is C27H30N4OS. The number of carbonyl (C=O) groups is 1. The van der Waals surface area contributed by atoms with Gasteiger partial charge < -0.3 is 15.2 Å². The highest BCUT2D eigenvalue weighted by atomic mass is 32.1. The summed E-state index contributed by atoms with van der Waals surface area (Å²) in [4.78, 5) is 24.9. The molecule has 170 valence electrons. The molecule has 6 heteroatoms. The normalized spacial score (nSPS) is 13.7. The number of benzene rings is 1. The second-order valence-corrected chi connectivity index (χ2v) is 10.3. The molecule has 0 fully saturated rings. The lowest BCUT2D eigenvalue weighted by Crippen LogP contribution is -2.39. The van der Waals surface area contributed by atoms with Gasteiger partial charge in [-0.1, -0.05) is 19.9 Å². The van der Waals surface area contributed by atoms with E-state index in [0.29, 0.717) is 12.5 Å². The van der Waals surface area contributed by atoms with Crippen LogP contribution in [0.2, 0.25) is 0 Å². The predicted octanol–water partition coefficient (Wildman–Crippen LogP) is 5.49. The zero-order valence-electron chi connectivity index (χ0n) is 19.7. The van der Waals surface area contributed by atoms with Crippen molar-refractivity contribution in [1.82, 2.24) is 20.2 Å². The molecule has 1 aliphatic heterocycles. The molecular weight excluding hydrogens is 428 g/mol. The third kappa shape index (κ3) is 4.09. The quantitative estimate of drug-likeness (QED) is 0.415. The van der Waals surface area contributed by atoms with Crippen LogP contribution in [0.3, 0.4) is 0 Å². The highest BCUT2D eigenvalue weighted by Gasteiger charge is 2.23. The minimum atomic E-state index is 0.173. The molecule has 0 radical (unpaired) electrons. The Kier molecular flexibility index (Phi) is 5.81. The standard InChI is InChI=1S/C27H30N4OS/c1-16(2)26-21-12-18(5-6-22(21)30-27(26)20-7-9-29-17(3)11-20)23-13-19-8-10-31(15-24(19)33-23)25(32)14-28-4/h5-7,9,11-13,16,28,30H,8,10,14-15H2,1-4H3. The Morgan fingerprint density at radius 2 is 2.06 bits per heavy atom. The number of fused-ring (bicyclic) bond motifs is 2. The molecule has 1 amide bonds. The fraction of sp³-hybridized carbons (Fsp3) is 0.333. The first-order chi connectivity index (χ1) is 15.9. The van der Waals surface area contributed by atoms with E-state index in [9.17, 15) is 4.79 Å². The second-order valence-electron chi connectivity index (χ2n) is 9.17. The number of hydrogen-bond acceptors (Lipinski definition) is 4. The minimum Gasteiger partial charge on any atom is -0.354 e. The van der Waals surface area contributed by atoms with E-state index in [2.05, 4.69) is 65.5 Å². The topological polar surface area (TPSA) is 61.0 Å². The molecule has 5 rings (SSSR count). The number of aryl methyl sites for hydroxylation is 1. The Balaban J connectivity index is 1.53. The number of hydrogen-bond donors (Lipinski definition) is 2.